The number of carbonyl (C=O) groups excluding carboxylic acids is 1. The van der Waals surface area contributed by atoms with Crippen LogP contribution in [-0.2, 0) is 9.47 Å². The number of amides is 1. The average Bonchev–Trinajstić information content (AvgIpc) is 3.11. The van der Waals surface area contributed by atoms with E-state index in [1.807, 2.05) is 0 Å². The van der Waals surface area contributed by atoms with Gasteiger partial charge in [0.2, 0.25) is 5.43 Å². The molecule has 142 valence electrons. The van der Waals surface area contributed by atoms with Gasteiger partial charge in [-0.15, -0.1) is 0 Å². The smallest absolute Gasteiger partial charge is 0.278 e. The minimum Gasteiger partial charge on any atom is -0.347 e. The first-order chi connectivity index (χ1) is 13.0. The Morgan fingerprint density at radius 2 is 1.85 bits per heavy atom. The van der Waals surface area contributed by atoms with E-state index in [0.29, 0.717) is 44.8 Å². The average molecular weight is 373 g/mol. The molecule has 2 aliphatic rings. The molecule has 2 aromatic rings. The molecule has 1 spiro atoms. The van der Waals surface area contributed by atoms with Crippen LogP contribution in [0.25, 0.3) is 5.69 Å². The van der Waals surface area contributed by atoms with Crippen molar-refractivity contribution in [2.24, 2.45) is 0 Å². The Bertz CT molecular complexity index is 927. The van der Waals surface area contributed by atoms with Gasteiger partial charge in [-0.1, -0.05) is 12.1 Å². The first-order valence-electron chi connectivity index (χ1n) is 8.92. The SMILES string of the molecule is Cc1cc(=O)c(C(=O)N2CCC3(CC2)OCCO3)nn1-c1ccccc1F. The first kappa shape index (κ1) is 17.8. The highest BCUT2D eigenvalue weighted by molar-refractivity contribution is 5.92. The normalized spacial score (nSPS) is 18.8. The lowest BCUT2D eigenvalue weighted by Gasteiger charge is -2.37. The molecule has 4 rings (SSSR count). The maximum atomic E-state index is 14.2. The molecule has 0 bridgehead atoms. The highest BCUT2D eigenvalue weighted by Crippen LogP contribution is 2.31. The second-order valence-corrected chi connectivity index (χ2v) is 6.76. The van der Waals surface area contributed by atoms with Gasteiger partial charge in [-0.25, -0.2) is 9.07 Å². The Morgan fingerprint density at radius 3 is 2.52 bits per heavy atom. The van der Waals surface area contributed by atoms with Crippen molar-refractivity contribution >= 4 is 5.91 Å². The number of piperidine rings is 1. The summed E-state index contributed by atoms with van der Waals surface area (Å²) in [6, 6.07) is 7.40. The number of aryl methyl sites for hydroxylation is 1. The molecule has 0 unspecified atom stereocenters. The zero-order chi connectivity index (χ0) is 19.0. The number of hydrogen-bond donors (Lipinski definition) is 0. The van der Waals surface area contributed by atoms with Gasteiger partial charge in [0, 0.05) is 37.7 Å². The minimum absolute atomic E-state index is 0.189. The van der Waals surface area contributed by atoms with E-state index in [9.17, 15) is 14.0 Å². The molecular weight excluding hydrogens is 353 g/mol. The van der Waals surface area contributed by atoms with Crippen LogP contribution < -0.4 is 5.43 Å². The third kappa shape index (κ3) is 3.26. The molecule has 0 radical (unpaired) electrons. The van der Waals surface area contributed by atoms with E-state index in [1.165, 1.54) is 16.8 Å². The summed E-state index contributed by atoms with van der Waals surface area (Å²) in [6.07, 6.45) is 1.10. The summed E-state index contributed by atoms with van der Waals surface area (Å²) in [5.41, 5.74) is -0.0480. The van der Waals surface area contributed by atoms with Gasteiger partial charge < -0.3 is 14.4 Å². The number of carbonyl (C=O) groups is 1. The molecule has 3 heterocycles. The maximum Gasteiger partial charge on any atom is 0.278 e. The van der Waals surface area contributed by atoms with Gasteiger partial charge in [0.1, 0.15) is 11.5 Å². The van der Waals surface area contributed by atoms with E-state index in [1.54, 1.807) is 30.0 Å². The molecule has 0 aliphatic carbocycles. The summed E-state index contributed by atoms with van der Waals surface area (Å²) in [4.78, 5) is 26.8. The third-order valence-corrected chi connectivity index (χ3v) is 5.02. The fourth-order valence-electron chi connectivity index (χ4n) is 3.55. The fourth-order valence-corrected chi connectivity index (χ4v) is 3.55. The predicted octanol–water partition coefficient (Wildman–Crippen LogP) is 1.66. The number of nitrogens with zero attached hydrogens (tertiary/aromatic N) is 3. The van der Waals surface area contributed by atoms with Crippen LogP contribution in [0.1, 0.15) is 29.0 Å². The number of likely N-dealkylation sites (tertiary alicyclic amines) is 1. The number of aromatic nitrogens is 2. The quantitative estimate of drug-likeness (QED) is 0.801. The lowest BCUT2D eigenvalue weighted by atomic mass is 10.0. The lowest BCUT2D eigenvalue weighted by Crippen LogP contribution is -2.48. The van der Waals surface area contributed by atoms with Crippen molar-refractivity contribution in [1.82, 2.24) is 14.7 Å². The summed E-state index contributed by atoms with van der Waals surface area (Å²) in [6.45, 7) is 3.58. The highest BCUT2D eigenvalue weighted by atomic mass is 19.1. The fraction of sp³-hybridized carbons (Fsp3) is 0.421. The summed E-state index contributed by atoms with van der Waals surface area (Å²) in [5, 5.41) is 4.18. The zero-order valence-corrected chi connectivity index (χ0v) is 15.0. The molecule has 1 aromatic heterocycles. The molecule has 1 amide bonds. The van der Waals surface area contributed by atoms with Crippen LogP contribution in [0.5, 0.6) is 0 Å². The topological polar surface area (TPSA) is 73.7 Å². The van der Waals surface area contributed by atoms with Crippen molar-refractivity contribution in [2.45, 2.75) is 25.6 Å². The molecular formula is C19H20FN3O4. The van der Waals surface area contributed by atoms with Crippen LogP contribution in [0.15, 0.2) is 35.1 Å². The lowest BCUT2D eigenvalue weighted by molar-refractivity contribution is -0.181. The van der Waals surface area contributed by atoms with Crippen LogP contribution in [0.3, 0.4) is 0 Å². The van der Waals surface area contributed by atoms with E-state index in [4.69, 9.17) is 9.47 Å². The van der Waals surface area contributed by atoms with Gasteiger partial charge in [0.25, 0.3) is 5.91 Å². The molecule has 2 saturated heterocycles. The standard InChI is InChI=1S/C19H20FN3O4/c1-13-12-16(24)17(21-23(13)15-5-3-2-4-14(15)20)18(25)22-8-6-19(7-9-22)26-10-11-27-19/h2-5,12H,6-11H2,1H3. The first-order valence-corrected chi connectivity index (χ1v) is 8.92. The van der Waals surface area contributed by atoms with Gasteiger partial charge in [0.05, 0.1) is 13.2 Å². The Hall–Kier alpha value is -2.58. The molecule has 7 nitrogen and oxygen atoms in total. The molecule has 1 aromatic carbocycles. The zero-order valence-electron chi connectivity index (χ0n) is 15.0. The molecule has 0 saturated carbocycles. The van der Waals surface area contributed by atoms with E-state index >= 15 is 0 Å². The number of hydrogen-bond acceptors (Lipinski definition) is 5. The molecule has 8 heteroatoms. The maximum absolute atomic E-state index is 14.2. The Labute approximate surface area is 155 Å². The van der Waals surface area contributed by atoms with Crippen molar-refractivity contribution in [1.29, 1.82) is 0 Å². The van der Waals surface area contributed by atoms with Crippen molar-refractivity contribution in [3.63, 3.8) is 0 Å². The van der Waals surface area contributed by atoms with Gasteiger partial charge in [-0.3, -0.25) is 9.59 Å². The van der Waals surface area contributed by atoms with Crippen LogP contribution in [0.4, 0.5) is 4.39 Å². The van der Waals surface area contributed by atoms with E-state index in [0.717, 1.165) is 0 Å². The van der Waals surface area contributed by atoms with Crippen LogP contribution in [0.2, 0.25) is 0 Å². The summed E-state index contributed by atoms with van der Waals surface area (Å²) in [7, 11) is 0. The second-order valence-electron chi connectivity index (χ2n) is 6.76. The van der Waals surface area contributed by atoms with Crippen molar-refractivity contribution < 1.29 is 18.7 Å². The monoisotopic (exact) mass is 373 g/mol. The molecule has 2 fully saturated rings. The van der Waals surface area contributed by atoms with Crippen molar-refractivity contribution in [3.05, 3.63) is 57.8 Å². The van der Waals surface area contributed by atoms with E-state index in [2.05, 4.69) is 5.10 Å². The summed E-state index contributed by atoms with van der Waals surface area (Å²) >= 11 is 0. The van der Waals surface area contributed by atoms with E-state index in [-0.39, 0.29) is 11.4 Å². The number of ether oxygens (including phenoxy) is 2. The van der Waals surface area contributed by atoms with Crippen LogP contribution in [0, 0.1) is 12.7 Å². The molecule has 0 atom stereocenters. The van der Waals surface area contributed by atoms with E-state index < -0.39 is 22.9 Å². The highest BCUT2D eigenvalue weighted by Gasteiger charge is 2.41. The van der Waals surface area contributed by atoms with Gasteiger partial charge in [0.15, 0.2) is 11.5 Å². The second kappa shape index (κ2) is 6.86. The summed E-state index contributed by atoms with van der Waals surface area (Å²) in [5.74, 6) is -1.55. The number of para-hydroxylation sites is 1. The largest absolute Gasteiger partial charge is 0.347 e. The molecule has 0 N–H and O–H groups in total. The molecule has 2 aliphatic heterocycles. The third-order valence-electron chi connectivity index (χ3n) is 5.02. The minimum atomic E-state index is -0.606. The van der Waals surface area contributed by atoms with Crippen molar-refractivity contribution in [2.75, 3.05) is 26.3 Å². The number of rotatable bonds is 2. The molecule has 27 heavy (non-hydrogen) atoms. The predicted molar refractivity (Wildman–Crippen MR) is 94.3 cm³/mol. The Morgan fingerprint density at radius 1 is 1.19 bits per heavy atom. The van der Waals surface area contributed by atoms with Gasteiger partial charge in [-0.05, 0) is 19.1 Å². The number of benzene rings is 1. The summed E-state index contributed by atoms with van der Waals surface area (Å²) < 4.78 is 26.8. The van der Waals surface area contributed by atoms with Crippen molar-refractivity contribution in [3.8, 4) is 5.69 Å². The van der Waals surface area contributed by atoms with Gasteiger partial charge >= 0.3 is 0 Å². The van der Waals surface area contributed by atoms with Crippen LogP contribution in [-0.4, -0.2) is 52.7 Å². The Balaban J connectivity index is 1.62. The Kier molecular flexibility index (Phi) is 4.53. The van der Waals surface area contributed by atoms with Crippen LogP contribution >= 0.6 is 0 Å². The van der Waals surface area contributed by atoms with Gasteiger partial charge in [-0.2, -0.15) is 5.10 Å². The number of halogens is 1.